The van der Waals surface area contributed by atoms with Crippen LogP contribution in [0.1, 0.15) is 17.7 Å². The van der Waals surface area contributed by atoms with Gasteiger partial charge in [-0.25, -0.2) is 0 Å². The number of amides is 1. The van der Waals surface area contributed by atoms with E-state index >= 15 is 0 Å². The number of aromatic nitrogens is 2. The number of ether oxygens (including phenoxy) is 1. The van der Waals surface area contributed by atoms with E-state index in [0.29, 0.717) is 17.5 Å². The van der Waals surface area contributed by atoms with Crippen LogP contribution in [0.2, 0.25) is 0 Å². The molecule has 124 valence electrons. The van der Waals surface area contributed by atoms with Gasteiger partial charge < -0.3 is 14.5 Å². The van der Waals surface area contributed by atoms with Gasteiger partial charge in [-0.2, -0.15) is 0 Å². The first kappa shape index (κ1) is 16.2. The van der Waals surface area contributed by atoms with Crippen molar-refractivity contribution in [3.05, 3.63) is 47.2 Å². The molecule has 0 aliphatic carbocycles. The van der Waals surface area contributed by atoms with Gasteiger partial charge >= 0.3 is 0 Å². The van der Waals surface area contributed by atoms with Crippen molar-refractivity contribution in [1.29, 1.82) is 0 Å². The lowest BCUT2D eigenvalue weighted by Crippen LogP contribution is -2.30. The van der Waals surface area contributed by atoms with Gasteiger partial charge in [-0.15, -0.1) is 21.5 Å². The first-order valence-electron chi connectivity index (χ1n) is 7.46. The standard InChI is InChI=1S/C17H17N3O3S/c1-10(22-13-7-5-4-6-8-13)16(21)18-14-9-15(24-11(14)2)17-20-19-12(3)23-17/h4-10H,1-3H3,(H,18,21)/t10-/m1/s1. The Morgan fingerprint density at radius 3 is 2.67 bits per heavy atom. The van der Waals surface area contributed by atoms with Crippen molar-refractivity contribution >= 4 is 22.9 Å². The molecule has 1 atom stereocenters. The summed E-state index contributed by atoms with van der Waals surface area (Å²) in [6.07, 6.45) is -0.610. The van der Waals surface area contributed by atoms with Gasteiger partial charge in [0.15, 0.2) is 6.10 Å². The minimum Gasteiger partial charge on any atom is -0.481 e. The molecule has 0 saturated heterocycles. The molecule has 1 aromatic carbocycles. The third-order valence-corrected chi connectivity index (χ3v) is 4.38. The molecule has 0 radical (unpaired) electrons. The number of nitrogens with zero attached hydrogens (tertiary/aromatic N) is 2. The van der Waals surface area contributed by atoms with Gasteiger partial charge in [0.05, 0.1) is 10.6 Å². The number of carbonyl (C=O) groups is 1. The lowest BCUT2D eigenvalue weighted by atomic mass is 10.3. The summed E-state index contributed by atoms with van der Waals surface area (Å²) in [7, 11) is 0. The number of hydrogen-bond acceptors (Lipinski definition) is 6. The Morgan fingerprint density at radius 2 is 2.00 bits per heavy atom. The summed E-state index contributed by atoms with van der Waals surface area (Å²) < 4.78 is 11.1. The van der Waals surface area contributed by atoms with E-state index in [1.165, 1.54) is 11.3 Å². The van der Waals surface area contributed by atoms with E-state index in [2.05, 4.69) is 15.5 Å². The molecule has 0 unspecified atom stereocenters. The van der Waals surface area contributed by atoms with Gasteiger partial charge in [-0.3, -0.25) is 4.79 Å². The zero-order valence-corrected chi connectivity index (χ0v) is 14.4. The Bertz CT molecular complexity index is 842. The van der Waals surface area contributed by atoms with Gasteiger partial charge in [0.2, 0.25) is 5.89 Å². The highest BCUT2D eigenvalue weighted by Gasteiger charge is 2.18. The van der Waals surface area contributed by atoms with Crippen molar-refractivity contribution in [3.8, 4) is 16.5 Å². The third kappa shape index (κ3) is 3.62. The molecule has 1 amide bonds. The van der Waals surface area contributed by atoms with Crippen LogP contribution in [0.15, 0.2) is 40.8 Å². The van der Waals surface area contributed by atoms with E-state index in [9.17, 15) is 4.79 Å². The van der Waals surface area contributed by atoms with E-state index in [1.807, 2.05) is 43.3 Å². The summed E-state index contributed by atoms with van der Waals surface area (Å²) in [5.74, 6) is 1.40. The van der Waals surface area contributed by atoms with E-state index in [4.69, 9.17) is 9.15 Å². The number of carbonyl (C=O) groups excluding carboxylic acids is 1. The number of anilines is 1. The highest BCUT2D eigenvalue weighted by molar-refractivity contribution is 7.15. The van der Waals surface area contributed by atoms with E-state index in [0.717, 1.165) is 15.4 Å². The molecule has 0 fully saturated rings. The molecule has 7 heteroatoms. The summed E-state index contributed by atoms with van der Waals surface area (Å²) >= 11 is 1.49. The average molecular weight is 343 g/mol. The summed E-state index contributed by atoms with van der Waals surface area (Å²) in [4.78, 5) is 14.1. The van der Waals surface area contributed by atoms with Gasteiger partial charge in [-0.05, 0) is 32.0 Å². The monoisotopic (exact) mass is 343 g/mol. The van der Waals surface area contributed by atoms with Crippen molar-refractivity contribution in [2.75, 3.05) is 5.32 Å². The van der Waals surface area contributed by atoms with Crippen molar-refractivity contribution in [3.63, 3.8) is 0 Å². The van der Waals surface area contributed by atoms with Gasteiger partial charge in [0.1, 0.15) is 5.75 Å². The Kier molecular flexibility index (Phi) is 4.61. The van der Waals surface area contributed by atoms with Crippen molar-refractivity contribution in [2.24, 2.45) is 0 Å². The smallest absolute Gasteiger partial charge is 0.265 e. The van der Waals surface area contributed by atoms with Crippen LogP contribution in [0.5, 0.6) is 5.75 Å². The fraction of sp³-hybridized carbons (Fsp3) is 0.235. The van der Waals surface area contributed by atoms with Crippen LogP contribution in [0, 0.1) is 13.8 Å². The van der Waals surface area contributed by atoms with Crippen LogP contribution >= 0.6 is 11.3 Å². The first-order valence-corrected chi connectivity index (χ1v) is 8.28. The number of rotatable bonds is 5. The Balaban J connectivity index is 1.69. The SMILES string of the molecule is Cc1nnc(-c2cc(NC(=O)[C@@H](C)Oc3ccccc3)c(C)s2)o1. The fourth-order valence-corrected chi connectivity index (χ4v) is 3.00. The van der Waals surface area contributed by atoms with E-state index in [1.54, 1.807) is 13.8 Å². The molecule has 3 rings (SSSR count). The molecule has 0 spiro atoms. The molecule has 0 aliphatic heterocycles. The maximum Gasteiger partial charge on any atom is 0.265 e. The van der Waals surface area contributed by atoms with E-state index in [-0.39, 0.29) is 5.91 Å². The summed E-state index contributed by atoms with van der Waals surface area (Å²) in [6, 6.07) is 11.1. The van der Waals surface area contributed by atoms with E-state index < -0.39 is 6.10 Å². The lowest BCUT2D eigenvalue weighted by Gasteiger charge is -2.14. The van der Waals surface area contributed by atoms with Crippen molar-refractivity contribution in [2.45, 2.75) is 26.9 Å². The second-order valence-electron chi connectivity index (χ2n) is 5.27. The minimum absolute atomic E-state index is 0.215. The predicted octanol–water partition coefficient (Wildman–Crippen LogP) is 3.82. The number of nitrogens with one attached hydrogen (secondary N) is 1. The molecular weight excluding hydrogens is 326 g/mol. The summed E-state index contributed by atoms with van der Waals surface area (Å²) in [6.45, 7) is 5.38. The van der Waals surface area contributed by atoms with Crippen molar-refractivity contribution in [1.82, 2.24) is 10.2 Å². The quantitative estimate of drug-likeness (QED) is 0.762. The Labute approximate surface area is 143 Å². The van der Waals surface area contributed by atoms with Crippen LogP contribution in [-0.2, 0) is 4.79 Å². The molecule has 24 heavy (non-hydrogen) atoms. The fourth-order valence-electron chi connectivity index (χ4n) is 2.10. The minimum atomic E-state index is -0.610. The maximum atomic E-state index is 12.3. The topological polar surface area (TPSA) is 77.2 Å². The van der Waals surface area contributed by atoms with Crippen LogP contribution in [0.25, 0.3) is 10.8 Å². The van der Waals surface area contributed by atoms with Gasteiger partial charge in [0.25, 0.3) is 11.8 Å². The van der Waals surface area contributed by atoms with Crippen LogP contribution in [-0.4, -0.2) is 22.2 Å². The molecule has 2 heterocycles. The zero-order valence-electron chi connectivity index (χ0n) is 13.6. The lowest BCUT2D eigenvalue weighted by molar-refractivity contribution is -0.122. The number of thiophene rings is 1. The summed E-state index contributed by atoms with van der Waals surface area (Å²) in [5.41, 5.74) is 0.722. The predicted molar refractivity (Wildman–Crippen MR) is 92.2 cm³/mol. The molecule has 0 aliphatic rings. The number of para-hydroxylation sites is 1. The normalized spacial score (nSPS) is 12.0. The second-order valence-corrected chi connectivity index (χ2v) is 6.53. The molecule has 0 bridgehead atoms. The first-order chi connectivity index (χ1) is 11.5. The molecule has 6 nitrogen and oxygen atoms in total. The summed E-state index contributed by atoms with van der Waals surface area (Å²) in [5, 5.41) is 10.7. The highest BCUT2D eigenvalue weighted by Crippen LogP contribution is 2.33. The largest absolute Gasteiger partial charge is 0.481 e. The van der Waals surface area contributed by atoms with Crippen LogP contribution in [0.4, 0.5) is 5.69 Å². The highest BCUT2D eigenvalue weighted by atomic mass is 32.1. The molecule has 2 aromatic heterocycles. The number of hydrogen-bond donors (Lipinski definition) is 1. The molecule has 1 N–H and O–H groups in total. The van der Waals surface area contributed by atoms with Crippen molar-refractivity contribution < 1.29 is 13.9 Å². The third-order valence-electron chi connectivity index (χ3n) is 3.34. The number of benzene rings is 1. The molecule has 3 aromatic rings. The van der Waals surface area contributed by atoms with Gasteiger partial charge in [0, 0.05) is 11.8 Å². The number of aryl methyl sites for hydroxylation is 2. The van der Waals surface area contributed by atoms with Crippen LogP contribution in [0.3, 0.4) is 0 Å². The second kappa shape index (κ2) is 6.84. The van der Waals surface area contributed by atoms with Crippen LogP contribution < -0.4 is 10.1 Å². The van der Waals surface area contributed by atoms with Gasteiger partial charge in [-0.1, -0.05) is 18.2 Å². The molecular formula is C17H17N3O3S. The zero-order chi connectivity index (χ0) is 17.1. The average Bonchev–Trinajstić information content (AvgIpc) is 3.15. The maximum absolute atomic E-state index is 12.3. The Morgan fingerprint density at radius 1 is 1.25 bits per heavy atom. The Hall–Kier alpha value is -2.67. The molecule has 0 saturated carbocycles.